The standard InChI is InChI=1S/C22H26N2O4/c1-15(2)6-11-22(26)28-14-21(25)24-19(20-5-4-12-27-20)13-18(23-24)17-9-7-16(3)8-10-17/h4-5,7-10,12,15,19H,6,11,13-14H2,1-3H3. The Bertz CT molecular complexity index is 838. The number of carbonyl (C=O) groups excluding carboxylic acids is 2. The Morgan fingerprint density at radius 1 is 1.25 bits per heavy atom. The van der Waals surface area contributed by atoms with Gasteiger partial charge in [0.2, 0.25) is 0 Å². The minimum atomic E-state index is -0.362. The van der Waals surface area contributed by atoms with Gasteiger partial charge in [-0.2, -0.15) is 5.10 Å². The van der Waals surface area contributed by atoms with Gasteiger partial charge in [0, 0.05) is 12.8 Å². The molecule has 1 aliphatic rings. The summed E-state index contributed by atoms with van der Waals surface area (Å²) < 4.78 is 10.7. The van der Waals surface area contributed by atoms with Crippen molar-refractivity contribution in [2.24, 2.45) is 11.0 Å². The van der Waals surface area contributed by atoms with Crippen LogP contribution in [0.15, 0.2) is 52.2 Å². The number of hydrogen-bond donors (Lipinski definition) is 0. The average molecular weight is 382 g/mol. The quantitative estimate of drug-likeness (QED) is 0.671. The van der Waals surface area contributed by atoms with Crippen LogP contribution in [0.1, 0.15) is 56.0 Å². The van der Waals surface area contributed by atoms with Crippen LogP contribution in [0.5, 0.6) is 0 Å². The summed E-state index contributed by atoms with van der Waals surface area (Å²) in [6.45, 7) is 5.78. The summed E-state index contributed by atoms with van der Waals surface area (Å²) in [4.78, 5) is 24.6. The molecule has 2 aromatic rings. The van der Waals surface area contributed by atoms with Gasteiger partial charge >= 0.3 is 5.97 Å². The van der Waals surface area contributed by atoms with Crippen molar-refractivity contribution in [2.75, 3.05) is 6.61 Å². The topological polar surface area (TPSA) is 72.1 Å². The third-order valence-corrected chi connectivity index (χ3v) is 4.70. The summed E-state index contributed by atoms with van der Waals surface area (Å²) in [5.74, 6) is 0.345. The predicted octanol–water partition coefficient (Wildman–Crippen LogP) is 4.25. The van der Waals surface area contributed by atoms with E-state index in [0.29, 0.717) is 24.5 Å². The summed E-state index contributed by atoms with van der Waals surface area (Å²) in [5.41, 5.74) is 2.93. The van der Waals surface area contributed by atoms with Gasteiger partial charge in [0.05, 0.1) is 12.0 Å². The van der Waals surface area contributed by atoms with Gasteiger partial charge in [-0.05, 0) is 37.0 Å². The van der Waals surface area contributed by atoms with Crippen LogP contribution in [0.3, 0.4) is 0 Å². The summed E-state index contributed by atoms with van der Waals surface area (Å²) in [6, 6.07) is 11.3. The SMILES string of the molecule is Cc1ccc(C2=NN(C(=O)COC(=O)CCC(C)C)C(c3ccco3)C2)cc1. The van der Waals surface area contributed by atoms with E-state index < -0.39 is 0 Å². The molecule has 6 nitrogen and oxygen atoms in total. The van der Waals surface area contributed by atoms with Crippen LogP contribution in [0.25, 0.3) is 0 Å². The van der Waals surface area contributed by atoms with Crippen molar-refractivity contribution < 1.29 is 18.7 Å². The number of furan rings is 1. The van der Waals surface area contributed by atoms with Crippen molar-refractivity contribution in [1.82, 2.24) is 5.01 Å². The molecule has 1 aromatic heterocycles. The van der Waals surface area contributed by atoms with E-state index in [4.69, 9.17) is 9.15 Å². The Kier molecular flexibility index (Phi) is 6.29. The van der Waals surface area contributed by atoms with Crippen LogP contribution >= 0.6 is 0 Å². The van der Waals surface area contributed by atoms with E-state index in [9.17, 15) is 9.59 Å². The average Bonchev–Trinajstić information content (AvgIpc) is 3.34. The van der Waals surface area contributed by atoms with Gasteiger partial charge in [-0.15, -0.1) is 0 Å². The Morgan fingerprint density at radius 2 is 2.00 bits per heavy atom. The lowest BCUT2D eigenvalue weighted by Gasteiger charge is -2.19. The molecule has 0 radical (unpaired) electrons. The van der Waals surface area contributed by atoms with Crippen LogP contribution in [0, 0.1) is 12.8 Å². The Balaban J connectivity index is 1.71. The van der Waals surface area contributed by atoms with Gasteiger partial charge in [0.25, 0.3) is 5.91 Å². The van der Waals surface area contributed by atoms with E-state index in [1.54, 1.807) is 12.3 Å². The largest absolute Gasteiger partial charge is 0.467 e. The minimum Gasteiger partial charge on any atom is -0.467 e. The molecule has 1 unspecified atom stereocenters. The molecule has 0 saturated heterocycles. The first-order valence-corrected chi connectivity index (χ1v) is 9.59. The second kappa shape index (κ2) is 8.87. The third kappa shape index (κ3) is 4.88. The van der Waals surface area contributed by atoms with Gasteiger partial charge in [-0.25, -0.2) is 5.01 Å². The number of hydrogen-bond acceptors (Lipinski definition) is 5. The van der Waals surface area contributed by atoms with Crippen molar-refractivity contribution >= 4 is 17.6 Å². The predicted molar refractivity (Wildman–Crippen MR) is 106 cm³/mol. The Labute approximate surface area is 165 Å². The number of benzene rings is 1. The lowest BCUT2D eigenvalue weighted by Crippen LogP contribution is -2.31. The molecule has 0 fully saturated rings. The fraction of sp³-hybridized carbons (Fsp3) is 0.409. The lowest BCUT2D eigenvalue weighted by atomic mass is 10.0. The zero-order chi connectivity index (χ0) is 20.1. The zero-order valence-electron chi connectivity index (χ0n) is 16.6. The van der Waals surface area contributed by atoms with E-state index in [1.165, 1.54) is 5.01 Å². The van der Waals surface area contributed by atoms with E-state index in [2.05, 4.69) is 5.10 Å². The fourth-order valence-corrected chi connectivity index (χ4v) is 3.05. The van der Waals surface area contributed by atoms with Gasteiger partial charge in [-0.1, -0.05) is 43.7 Å². The highest BCUT2D eigenvalue weighted by atomic mass is 16.5. The molecule has 1 aliphatic heterocycles. The van der Waals surface area contributed by atoms with E-state index in [-0.39, 0.29) is 24.5 Å². The third-order valence-electron chi connectivity index (χ3n) is 4.70. The number of carbonyl (C=O) groups is 2. The normalized spacial score (nSPS) is 16.4. The smallest absolute Gasteiger partial charge is 0.306 e. The molecular formula is C22H26N2O4. The number of rotatable bonds is 7. The highest BCUT2D eigenvalue weighted by molar-refractivity contribution is 6.03. The fourth-order valence-electron chi connectivity index (χ4n) is 3.05. The highest BCUT2D eigenvalue weighted by Gasteiger charge is 2.35. The molecule has 1 amide bonds. The second-order valence-electron chi connectivity index (χ2n) is 7.48. The van der Waals surface area contributed by atoms with Crippen molar-refractivity contribution in [1.29, 1.82) is 0 Å². The maximum atomic E-state index is 12.7. The van der Waals surface area contributed by atoms with E-state index in [1.807, 2.05) is 51.1 Å². The summed E-state index contributed by atoms with van der Waals surface area (Å²) in [6.07, 6.45) is 3.17. The molecule has 148 valence electrons. The Hall–Kier alpha value is -2.89. The van der Waals surface area contributed by atoms with E-state index in [0.717, 1.165) is 23.3 Å². The van der Waals surface area contributed by atoms with Crippen molar-refractivity contribution in [3.63, 3.8) is 0 Å². The molecule has 0 saturated carbocycles. The number of hydrazone groups is 1. The van der Waals surface area contributed by atoms with Crippen molar-refractivity contribution in [3.05, 3.63) is 59.5 Å². The van der Waals surface area contributed by atoms with Crippen LogP contribution in [0.4, 0.5) is 0 Å². The summed E-state index contributed by atoms with van der Waals surface area (Å²) in [7, 11) is 0. The molecule has 0 aliphatic carbocycles. The number of aryl methyl sites for hydroxylation is 1. The molecule has 6 heteroatoms. The first-order valence-electron chi connectivity index (χ1n) is 9.59. The molecule has 0 spiro atoms. The van der Waals surface area contributed by atoms with Crippen LogP contribution in [-0.4, -0.2) is 29.2 Å². The van der Waals surface area contributed by atoms with Crippen molar-refractivity contribution in [2.45, 2.75) is 46.1 Å². The summed E-state index contributed by atoms with van der Waals surface area (Å²) >= 11 is 0. The van der Waals surface area contributed by atoms with Crippen molar-refractivity contribution in [3.8, 4) is 0 Å². The van der Waals surface area contributed by atoms with Gasteiger partial charge < -0.3 is 9.15 Å². The molecule has 3 rings (SSSR count). The van der Waals surface area contributed by atoms with E-state index >= 15 is 0 Å². The molecule has 2 heterocycles. The molecule has 1 aromatic carbocycles. The maximum Gasteiger partial charge on any atom is 0.306 e. The Morgan fingerprint density at radius 3 is 2.64 bits per heavy atom. The second-order valence-corrected chi connectivity index (χ2v) is 7.48. The first kappa shape index (κ1) is 19.9. The molecule has 0 N–H and O–H groups in total. The van der Waals surface area contributed by atoms with Gasteiger partial charge in [0.1, 0.15) is 11.8 Å². The monoisotopic (exact) mass is 382 g/mol. The zero-order valence-corrected chi connectivity index (χ0v) is 16.6. The number of esters is 1. The van der Waals surface area contributed by atoms with Crippen LogP contribution in [-0.2, 0) is 14.3 Å². The minimum absolute atomic E-state index is 0.310. The van der Waals surface area contributed by atoms with Gasteiger partial charge in [-0.3, -0.25) is 9.59 Å². The molecule has 1 atom stereocenters. The maximum absolute atomic E-state index is 12.7. The molecule has 28 heavy (non-hydrogen) atoms. The number of ether oxygens (including phenoxy) is 1. The van der Waals surface area contributed by atoms with Gasteiger partial charge in [0.15, 0.2) is 6.61 Å². The first-order chi connectivity index (χ1) is 13.4. The highest BCUT2D eigenvalue weighted by Crippen LogP contribution is 2.33. The van der Waals surface area contributed by atoms with Crippen LogP contribution in [0.2, 0.25) is 0 Å². The number of nitrogens with zero attached hydrogens (tertiary/aromatic N) is 2. The number of amides is 1. The lowest BCUT2D eigenvalue weighted by molar-refractivity contribution is -0.153. The summed E-state index contributed by atoms with van der Waals surface area (Å²) in [5, 5.41) is 5.91. The molecular weight excluding hydrogens is 356 g/mol. The molecule has 0 bridgehead atoms. The van der Waals surface area contributed by atoms with Crippen LogP contribution < -0.4 is 0 Å².